The number of aryl methyl sites for hydroxylation is 2. The van der Waals surface area contributed by atoms with E-state index in [1.54, 1.807) is 17.2 Å². The highest BCUT2D eigenvalue weighted by Crippen LogP contribution is 2.33. The van der Waals surface area contributed by atoms with Gasteiger partial charge in [-0.25, -0.2) is 4.98 Å². The highest BCUT2D eigenvalue weighted by Gasteiger charge is 2.25. The third-order valence-electron chi connectivity index (χ3n) is 3.98. The van der Waals surface area contributed by atoms with Gasteiger partial charge < -0.3 is 4.52 Å². The van der Waals surface area contributed by atoms with E-state index in [9.17, 15) is 4.79 Å². The molecular formula is C19H16N4O2S. The largest absolute Gasteiger partial charge is 0.351 e. The first-order valence-corrected chi connectivity index (χ1v) is 8.94. The number of benzene rings is 1. The second-order valence-electron chi connectivity index (χ2n) is 6.02. The molecule has 0 radical (unpaired) electrons. The number of nitrogens with zero attached hydrogens (tertiary/aromatic N) is 4. The predicted molar refractivity (Wildman–Crippen MR) is 100 cm³/mol. The van der Waals surface area contributed by atoms with Crippen LogP contribution in [-0.4, -0.2) is 21.0 Å². The maximum Gasteiger partial charge on any atom is 0.299 e. The molecule has 4 rings (SSSR count). The Morgan fingerprint density at radius 1 is 1.19 bits per heavy atom. The summed E-state index contributed by atoms with van der Waals surface area (Å²) in [5.74, 6) is -0.116. The first-order valence-electron chi connectivity index (χ1n) is 8.12. The van der Waals surface area contributed by atoms with Gasteiger partial charge in [0, 0.05) is 12.3 Å². The Bertz CT molecular complexity index is 1060. The Kier molecular flexibility index (Phi) is 4.22. The fraction of sp³-hybridized carbons (Fsp3) is 0.158. The molecule has 7 heteroatoms. The molecule has 130 valence electrons. The third kappa shape index (κ3) is 3.09. The van der Waals surface area contributed by atoms with Crippen LogP contribution in [-0.2, 0) is 6.54 Å². The first kappa shape index (κ1) is 16.4. The van der Waals surface area contributed by atoms with Crippen molar-refractivity contribution in [1.82, 2.24) is 15.1 Å². The molecule has 1 aromatic carbocycles. The highest BCUT2D eigenvalue weighted by molar-refractivity contribution is 7.22. The molecule has 1 amide bonds. The molecule has 0 aliphatic rings. The van der Waals surface area contributed by atoms with Crippen molar-refractivity contribution in [1.29, 1.82) is 0 Å². The smallest absolute Gasteiger partial charge is 0.299 e. The van der Waals surface area contributed by atoms with E-state index in [1.807, 2.05) is 31.2 Å². The molecule has 3 heterocycles. The Labute approximate surface area is 154 Å². The fourth-order valence-electron chi connectivity index (χ4n) is 2.82. The first-order chi connectivity index (χ1) is 12.6. The number of pyridine rings is 1. The highest BCUT2D eigenvalue weighted by atomic mass is 32.1. The van der Waals surface area contributed by atoms with E-state index in [2.05, 4.69) is 23.1 Å². The number of carbonyl (C=O) groups excluding carboxylic acids is 1. The van der Waals surface area contributed by atoms with Crippen molar-refractivity contribution in [2.75, 3.05) is 4.90 Å². The van der Waals surface area contributed by atoms with Gasteiger partial charge in [-0.15, -0.1) is 0 Å². The SMILES string of the molecule is Cc1cc(C)c2sc(N(Cc3ccccn3)C(=O)c3ccno3)nc2c1. The molecule has 0 aliphatic heterocycles. The van der Waals surface area contributed by atoms with Gasteiger partial charge in [0.05, 0.1) is 28.7 Å². The summed E-state index contributed by atoms with van der Waals surface area (Å²) in [6, 6.07) is 11.3. The van der Waals surface area contributed by atoms with E-state index >= 15 is 0 Å². The van der Waals surface area contributed by atoms with Crippen LogP contribution in [0.25, 0.3) is 10.2 Å². The van der Waals surface area contributed by atoms with Gasteiger partial charge in [-0.1, -0.05) is 28.6 Å². The molecule has 0 atom stereocenters. The molecule has 4 aromatic rings. The molecule has 0 spiro atoms. The summed E-state index contributed by atoms with van der Waals surface area (Å²) in [5, 5.41) is 4.25. The quantitative estimate of drug-likeness (QED) is 0.544. The zero-order chi connectivity index (χ0) is 18.1. The summed E-state index contributed by atoms with van der Waals surface area (Å²) in [6.07, 6.45) is 3.16. The van der Waals surface area contributed by atoms with Gasteiger partial charge in [0.15, 0.2) is 5.13 Å². The molecule has 3 aromatic heterocycles. The van der Waals surface area contributed by atoms with E-state index in [1.165, 1.54) is 17.5 Å². The Morgan fingerprint density at radius 2 is 2.08 bits per heavy atom. The minimum atomic E-state index is -0.290. The number of hydrogen-bond acceptors (Lipinski definition) is 6. The third-order valence-corrected chi connectivity index (χ3v) is 5.21. The molecule has 6 nitrogen and oxygen atoms in total. The molecule has 0 fully saturated rings. The lowest BCUT2D eigenvalue weighted by Crippen LogP contribution is -2.30. The van der Waals surface area contributed by atoms with E-state index in [0.29, 0.717) is 11.7 Å². The van der Waals surface area contributed by atoms with Crippen molar-refractivity contribution in [3.05, 3.63) is 71.4 Å². The minimum Gasteiger partial charge on any atom is -0.351 e. The van der Waals surface area contributed by atoms with Crippen LogP contribution in [0.2, 0.25) is 0 Å². The van der Waals surface area contributed by atoms with Crippen LogP contribution in [0.1, 0.15) is 27.4 Å². The van der Waals surface area contributed by atoms with Gasteiger partial charge >= 0.3 is 0 Å². The lowest BCUT2D eigenvalue weighted by molar-refractivity contribution is 0.0949. The molecule has 0 N–H and O–H groups in total. The topological polar surface area (TPSA) is 72.1 Å². The van der Waals surface area contributed by atoms with Crippen LogP contribution in [0.15, 0.2) is 53.3 Å². The standard InChI is InChI=1S/C19H16N4O2S/c1-12-9-13(2)17-15(10-12)22-19(26-17)23(11-14-5-3-4-7-20-14)18(24)16-6-8-21-25-16/h3-10H,11H2,1-2H3. The number of fused-ring (bicyclic) bond motifs is 1. The number of anilines is 1. The van der Waals surface area contributed by atoms with Crippen LogP contribution >= 0.6 is 11.3 Å². The zero-order valence-electron chi connectivity index (χ0n) is 14.3. The van der Waals surface area contributed by atoms with Crippen molar-refractivity contribution in [3.8, 4) is 0 Å². The van der Waals surface area contributed by atoms with Crippen molar-refractivity contribution in [2.45, 2.75) is 20.4 Å². The second-order valence-corrected chi connectivity index (χ2v) is 6.99. The van der Waals surface area contributed by atoms with Gasteiger partial charge in [-0.3, -0.25) is 14.7 Å². The average Bonchev–Trinajstić information content (AvgIpc) is 3.29. The van der Waals surface area contributed by atoms with E-state index in [-0.39, 0.29) is 11.7 Å². The molecule has 0 saturated heterocycles. The number of amides is 1. The Morgan fingerprint density at radius 3 is 2.81 bits per heavy atom. The summed E-state index contributed by atoms with van der Waals surface area (Å²) < 4.78 is 6.14. The summed E-state index contributed by atoms with van der Waals surface area (Å²) >= 11 is 1.49. The Hall–Kier alpha value is -3.06. The fourth-order valence-corrected chi connectivity index (χ4v) is 3.83. The molecule has 0 bridgehead atoms. The zero-order valence-corrected chi connectivity index (χ0v) is 15.2. The van der Waals surface area contributed by atoms with Crippen LogP contribution in [0.3, 0.4) is 0 Å². The lowest BCUT2D eigenvalue weighted by Gasteiger charge is -2.17. The van der Waals surface area contributed by atoms with Crippen LogP contribution in [0.5, 0.6) is 0 Å². The van der Waals surface area contributed by atoms with Crippen LogP contribution < -0.4 is 4.90 Å². The molecular weight excluding hydrogens is 348 g/mol. The van der Waals surface area contributed by atoms with Gasteiger partial charge in [0.1, 0.15) is 0 Å². The molecule has 0 unspecified atom stereocenters. The van der Waals surface area contributed by atoms with Crippen molar-refractivity contribution in [2.24, 2.45) is 0 Å². The minimum absolute atomic E-state index is 0.174. The van der Waals surface area contributed by atoms with Crippen molar-refractivity contribution < 1.29 is 9.32 Å². The molecule has 0 aliphatic carbocycles. The number of carbonyl (C=O) groups is 1. The Balaban J connectivity index is 1.79. The second kappa shape index (κ2) is 6.68. The maximum absolute atomic E-state index is 13.0. The molecule has 26 heavy (non-hydrogen) atoms. The van der Waals surface area contributed by atoms with Crippen molar-refractivity contribution in [3.63, 3.8) is 0 Å². The normalized spacial score (nSPS) is 11.0. The van der Waals surface area contributed by atoms with Crippen LogP contribution in [0, 0.1) is 13.8 Å². The maximum atomic E-state index is 13.0. The van der Waals surface area contributed by atoms with Crippen LogP contribution in [0.4, 0.5) is 5.13 Å². The van der Waals surface area contributed by atoms with E-state index in [0.717, 1.165) is 27.0 Å². The summed E-state index contributed by atoms with van der Waals surface area (Å²) in [7, 11) is 0. The predicted octanol–water partition coefficient (Wildman–Crippen LogP) is 4.14. The summed E-state index contributed by atoms with van der Waals surface area (Å²) in [4.78, 5) is 23.6. The summed E-state index contributed by atoms with van der Waals surface area (Å²) in [6.45, 7) is 4.40. The molecule has 0 saturated carbocycles. The van der Waals surface area contributed by atoms with E-state index in [4.69, 9.17) is 9.51 Å². The van der Waals surface area contributed by atoms with E-state index < -0.39 is 0 Å². The number of hydrogen-bond donors (Lipinski definition) is 0. The average molecular weight is 364 g/mol. The number of thiazole rings is 1. The van der Waals surface area contributed by atoms with Crippen molar-refractivity contribution >= 4 is 32.6 Å². The van der Waals surface area contributed by atoms with Gasteiger partial charge in [-0.2, -0.15) is 0 Å². The summed E-state index contributed by atoms with van der Waals surface area (Å²) in [5.41, 5.74) is 3.95. The van der Waals surface area contributed by atoms with Gasteiger partial charge in [0.25, 0.3) is 5.91 Å². The number of rotatable bonds is 4. The number of aromatic nitrogens is 3. The van der Waals surface area contributed by atoms with Gasteiger partial charge in [-0.05, 0) is 43.2 Å². The monoisotopic (exact) mass is 364 g/mol. The lowest BCUT2D eigenvalue weighted by atomic mass is 10.1. The van der Waals surface area contributed by atoms with Gasteiger partial charge in [0.2, 0.25) is 5.76 Å².